The van der Waals surface area contributed by atoms with Crippen LogP contribution >= 0.6 is 0 Å². The zero-order chi connectivity index (χ0) is 14.3. The summed E-state index contributed by atoms with van der Waals surface area (Å²) in [6, 6.07) is 8.09. The number of nitrogens with one attached hydrogen (secondary N) is 2. The number of sulfonamides is 1. The Morgan fingerprint density at radius 1 is 1.21 bits per heavy atom. The molecule has 0 unspecified atom stereocenters. The molecule has 0 atom stereocenters. The van der Waals surface area contributed by atoms with Gasteiger partial charge in [-0.1, -0.05) is 32.0 Å². The van der Waals surface area contributed by atoms with Gasteiger partial charge >= 0.3 is 0 Å². The van der Waals surface area contributed by atoms with Crippen LogP contribution in [0, 0.1) is 5.92 Å². The third-order valence-electron chi connectivity index (χ3n) is 2.41. The fourth-order valence-corrected chi connectivity index (χ4v) is 2.44. The predicted octanol–water partition coefficient (Wildman–Crippen LogP) is 1.13. The van der Waals surface area contributed by atoms with E-state index in [-0.39, 0.29) is 23.8 Å². The van der Waals surface area contributed by atoms with E-state index < -0.39 is 10.0 Å². The average molecular weight is 284 g/mol. The Bertz CT molecular complexity index is 498. The minimum atomic E-state index is -3.52. The second kappa shape index (κ2) is 7.25. The number of rotatable bonds is 7. The van der Waals surface area contributed by atoms with Gasteiger partial charge in [-0.25, -0.2) is 13.1 Å². The number of carbonyl (C=O) groups is 1. The maximum absolute atomic E-state index is 11.8. The topological polar surface area (TPSA) is 75.3 Å². The Balaban J connectivity index is 2.39. The minimum Gasteiger partial charge on any atom is -0.356 e. The molecule has 0 radical (unpaired) electrons. The Labute approximate surface area is 114 Å². The molecule has 2 N–H and O–H groups in total. The van der Waals surface area contributed by atoms with Crippen molar-refractivity contribution in [2.24, 2.45) is 5.92 Å². The summed E-state index contributed by atoms with van der Waals surface area (Å²) in [5, 5.41) is 2.73. The second-order valence-corrected chi connectivity index (χ2v) is 6.43. The molecule has 1 aromatic carbocycles. The molecule has 0 saturated heterocycles. The molecular formula is C13H20N2O3S. The number of benzene rings is 1. The smallest absolute Gasteiger partial charge is 0.240 e. The zero-order valence-corrected chi connectivity index (χ0v) is 12.0. The Kier molecular flexibility index (Phi) is 5.98. The molecule has 106 valence electrons. The van der Waals surface area contributed by atoms with E-state index in [1.54, 1.807) is 18.2 Å². The van der Waals surface area contributed by atoms with Crippen LogP contribution in [0.2, 0.25) is 0 Å². The fraction of sp³-hybridized carbons (Fsp3) is 0.462. The van der Waals surface area contributed by atoms with Gasteiger partial charge in [-0.2, -0.15) is 0 Å². The van der Waals surface area contributed by atoms with Gasteiger partial charge in [0.05, 0.1) is 4.90 Å². The van der Waals surface area contributed by atoms with Gasteiger partial charge < -0.3 is 5.32 Å². The highest BCUT2D eigenvalue weighted by molar-refractivity contribution is 7.89. The quantitative estimate of drug-likeness (QED) is 0.788. The van der Waals surface area contributed by atoms with E-state index in [4.69, 9.17) is 0 Å². The first-order chi connectivity index (χ1) is 8.92. The van der Waals surface area contributed by atoms with Crippen LogP contribution in [0.25, 0.3) is 0 Å². The van der Waals surface area contributed by atoms with Crippen molar-refractivity contribution in [2.75, 3.05) is 13.1 Å². The van der Waals surface area contributed by atoms with Crippen LogP contribution in [0.3, 0.4) is 0 Å². The first-order valence-electron chi connectivity index (χ1n) is 6.23. The van der Waals surface area contributed by atoms with Crippen molar-refractivity contribution in [1.29, 1.82) is 0 Å². The lowest BCUT2D eigenvalue weighted by molar-refractivity contribution is -0.121. The monoisotopic (exact) mass is 284 g/mol. The molecule has 1 rings (SSSR count). The van der Waals surface area contributed by atoms with Gasteiger partial charge in [0.2, 0.25) is 15.9 Å². The van der Waals surface area contributed by atoms with Crippen LogP contribution in [-0.4, -0.2) is 27.4 Å². The molecular weight excluding hydrogens is 264 g/mol. The van der Waals surface area contributed by atoms with E-state index >= 15 is 0 Å². The van der Waals surface area contributed by atoms with Crippen LogP contribution in [0.4, 0.5) is 0 Å². The molecule has 6 heteroatoms. The maximum Gasteiger partial charge on any atom is 0.240 e. The summed E-state index contributed by atoms with van der Waals surface area (Å²) >= 11 is 0. The summed E-state index contributed by atoms with van der Waals surface area (Å²) in [6.07, 6.45) is 0.138. The molecule has 1 amide bonds. The van der Waals surface area contributed by atoms with Gasteiger partial charge in [0.15, 0.2) is 0 Å². The largest absolute Gasteiger partial charge is 0.356 e. The van der Waals surface area contributed by atoms with Gasteiger partial charge in [-0.05, 0) is 18.1 Å². The third-order valence-corrected chi connectivity index (χ3v) is 3.88. The van der Waals surface area contributed by atoms with Crippen molar-refractivity contribution in [3.8, 4) is 0 Å². The Morgan fingerprint density at radius 3 is 2.42 bits per heavy atom. The molecule has 0 fully saturated rings. The van der Waals surface area contributed by atoms with Crippen molar-refractivity contribution >= 4 is 15.9 Å². The summed E-state index contributed by atoms with van der Waals surface area (Å²) < 4.78 is 26.1. The molecule has 19 heavy (non-hydrogen) atoms. The average Bonchev–Trinajstić information content (AvgIpc) is 2.37. The fourth-order valence-electron chi connectivity index (χ4n) is 1.39. The Morgan fingerprint density at radius 2 is 1.84 bits per heavy atom. The lowest BCUT2D eigenvalue weighted by atomic mass is 10.2. The Hall–Kier alpha value is -1.40. The molecule has 0 aromatic heterocycles. The highest BCUT2D eigenvalue weighted by Gasteiger charge is 2.13. The SMILES string of the molecule is CC(C)CNC(=O)CCNS(=O)(=O)c1ccccc1. The molecule has 0 bridgehead atoms. The van der Waals surface area contributed by atoms with Gasteiger partial charge in [0.25, 0.3) is 0 Å². The van der Waals surface area contributed by atoms with Crippen molar-refractivity contribution in [3.63, 3.8) is 0 Å². The maximum atomic E-state index is 11.8. The number of hydrogen-bond donors (Lipinski definition) is 2. The third kappa shape index (κ3) is 5.85. The zero-order valence-electron chi connectivity index (χ0n) is 11.2. The van der Waals surface area contributed by atoms with Crippen LogP contribution in [0.5, 0.6) is 0 Å². The lowest BCUT2D eigenvalue weighted by Gasteiger charge is -2.08. The first-order valence-corrected chi connectivity index (χ1v) is 7.71. The molecule has 0 spiro atoms. The summed E-state index contributed by atoms with van der Waals surface area (Å²) in [5.74, 6) is 0.231. The summed E-state index contributed by atoms with van der Waals surface area (Å²) in [7, 11) is -3.52. The van der Waals surface area contributed by atoms with Crippen molar-refractivity contribution in [2.45, 2.75) is 25.2 Å². The van der Waals surface area contributed by atoms with Crippen LogP contribution in [0.15, 0.2) is 35.2 Å². The minimum absolute atomic E-state index is 0.0984. The highest BCUT2D eigenvalue weighted by Crippen LogP contribution is 2.06. The van der Waals surface area contributed by atoms with Crippen LogP contribution in [0.1, 0.15) is 20.3 Å². The van der Waals surface area contributed by atoms with Crippen molar-refractivity contribution < 1.29 is 13.2 Å². The lowest BCUT2D eigenvalue weighted by Crippen LogP contribution is -2.32. The highest BCUT2D eigenvalue weighted by atomic mass is 32.2. The summed E-state index contributed by atoms with van der Waals surface area (Å²) in [6.45, 7) is 4.70. The first kappa shape index (κ1) is 15.7. The number of carbonyl (C=O) groups excluding carboxylic acids is 1. The molecule has 0 aliphatic carbocycles. The van der Waals surface area contributed by atoms with E-state index in [1.165, 1.54) is 12.1 Å². The summed E-state index contributed by atoms with van der Waals surface area (Å²) in [5.41, 5.74) is 0. The van der Waals surface area contributed by atoms with E-state index in [2.05, 4.69) is 10.0 Å². The molecule has 0 aliphatic heterocycles. The molecule has 0 heterocycles. The molecule has 0 saturated carbocycles. The van der Waals surface area contributed by atoms with Crippen molar-refractivity contribution in [1.82, 2.24) is 10.0 Å². The van der Waals surface area contributed by atoms with Gasteiger partial charge in [-0.3, -0.25) is 4.79 Å². The van der Waals surface area contributed by atoms with Crippen LogP contribution < -0.4 is 10.0 Å². The van der Waals surface area contributed by atoms with Gasteiger partial charge in [0, 0.05) is 19.5 Å². The molecule has 1 aromatic rings. The van der Waals surface area contributed by atoms with E-state index in [0.29, 0.717) is 12.5 Å². The van der Waals surface area contributed by atoms with Gasteiger partial charge in [0.1, 0.15) is 0 Å². The standard InChI is InChI=1S/C13H20N2O3S/c1-11(2)10-14-13(16)8-9-15-19(17,18)12-6-4-3-5-7-12/h3-7,11,15H,8-10H2,1-2H3,(H,14,16). The normalized spacial score (nSPS) is 11.5. The molecule has 5 nitrogen and oxygen atoms in total. The van der Waals surface area contributed by atoms with Crippen molar-refractivity contribution in [3.05, 3.63) is 30.3 Å². The second-order valence-electron chi connectivity index (χ2n) is 4.66. The number of hydrogen-bond acceptors (Lipinski definition) is 3. The number of amides is 1. The van der Waals surface area contributed by atoms with Gasteiger partial charge in [-0.15, -0.1) is 0 Å². The van der Waals surface area contributed by atoms with E-state index in [1.807, 2.05) is 13.8 Å². The molecule has 0 aliphatic rings. The predicted molar refractivity (Wildman–Crippen MR) is 74.1 cm³/mol. The van der Waals surface area contributed by atoms with E-state index in [0.717, 1.165) is 0 Å². The van der Waals surface area contributed by atoms with Crippen LogP contribution in [-0.2, 0) is 14.8 Å². The summed E-state index contributed by atoms with van der Waals surface area (Å²) in [4.78, 5) is 11.6. The van der Waals surface area contributed by atoms with E-state index in [9.17, 15) is 13.2 Å².